The molecule has 1 aliphatic heterocycles. The predicted molar refractivity (Wildman–Crippen MR) is 332 cm³/mol. The standard InChI is InChI=1S/C29H28Cl3N3O8S2.C29H30ClN3O8S/c1-4-26(45(41,42)18-8-6-17(7-9-18)44-14-24(29(40)43-3)33-15(2)36)28(39)34-22-13-25(37)23(12-21(22)32)35-27(38)16-5-10-19(30)20(31)11-16;1-3-26(42(38,39)21-10-8-20(9-11-21)33-12-14-41-15-13-33)28(36)31-23-17-25(34)24(16-22(23)30)32-27(35)18-4-6-19(7-5-18)29(37)40-2/h5-13,24,26,37H,4,14H2,1-3H3,(H,33,36)(H,34,39)(H,35,38);4-11,16-17,26,34H,3,12-15H2,1-2H3,(H,31,36)(H,32,35). The zero-order valence-electron chi connectivity index (χ0n) is 46.9. The van der Waals surface area contributed by atoms with Gasteiger partial charge >= 0.3 is 11.9 Å². The van der Waals surface area contributed by atoms with E-state index in [0.717, 1.165) is 17.8 Å². The number of methoxy groups -OCH3 is 2. The minimum atomic E-state index is -4.17. The van der Waals surface area contributed by atoms with Crippen molar-refractivity contribution >= 4 is 148 Å². The third kappa shape index (κ3) is 17.8. The zero-order valence-corrected chi connectivity index (χ0v) is 52.4. The fourth-order valence-corrected chi connectivity index (χ4v) is 13.3. The summed E-state index contributed by atoms with van der Waals surface area (Å²) < 4.78 is 68.2. The molecule has 0 aromatic heterocycles. The van der Waals surface area contributed by atoms with E-state index in [-0.39, 0.29) is 87.9 Å². The molecule has 1 heterocycles. The molecule has 5 amide bonds. The Morgan fingerprint density at radius 3 is 1.48 bits per heavy atom. The van der Waals surface area contributed by atoms with Crippen LogP contribution >= 0.6 is 58.2 Å². The molecule has 1 fully saturated rings. The molecular formula is C58H58Cl4N6O16S3. The second-order valence-electron chi connectivity index (χ2n) is 18.8. The molecule has 1 saturated heterocycles. The third-order valence-corrected chi connectivity index (χ3v) is 19.9. The molecule has 22 nitrogen and oxygen atoms in total. The molecule has 6 aromatic rings. The molecular weight excluding hydrogens is 1270 g/mol. The number of carbonyl (C=O) groups is 7. The number of hydrogen-bond acceptors (Lipinski definition) is 18. The lowest BCUT2D eigenvalue weighted by Crippen LogP contribution is -2.42. The van der Waals surface area contributed by atoms with Crippen LogP contribution in [0.5, 0.6) is 11.5 Å². The number of phenolic OH excluding ortho intramolecular Hbond substituents is 2. The molecule has 6 aromatic carbocycles. The summed E-state index contributed by atoms with van der Waals surface area (Å²) in [6.45, 7) is 6.97. The Morgan fingerprint density at radius 1 is 0.575 bits per heavy atom. The number of sulfone groups is 2. The van der Waals surface area contributed by atoms with Crippen LogP contribution in [0.2, 0.25) is 20.1 Å². The maximum atomic E-state index is 13.4. The summed E-state index contributed by atoms with van der Waals surface area (Å²) >= 11 is 25.7. The maximum Gasteiger partial charge on any atom is 0.337 e. The van der Waals surface area contributed by atoms with Gasteiger partial charge in [0.1, 0.15) is 28.0 Å². The van der Waals surface area contributed by atoms with Gasteiger partial charge in [-0.15, -0.1) is 11.8 Å². The molecule has 462 valence electrons. The van der Waals surface area contributed by atoms with Gasteiger partial charge in [0.25, 0.3) is 11.8 Å². The monoisotopic (exact) mass is 1330 g/mol. The van der Waals surface area contributed by atoms with Crippen LogP contribution in [0, 0.1) is 0 Å². The Labute approximate surface area is 525 Å². The van der Waals surface area contributed by atoms with Crippen molar-refractivity contribution in [3.63, 3.8) is 0 Å². The summed E-state index contributed by atoms with van der Waals surface area (Å²) in [4.78, 5) is 89.0. The number of halogens is 4. The van der Waals surface area contributed by atoms with E-state index in [1.165, 1.54) is 131 Å². The lowest BCUT2D eigenvalue weighted by atomic mass is 10.1. The van der Waals surface area contributed by atoms with E-state index >= 15 is 0 Å². The van der Waals surface area contributed by atoms with Gasteiger partial charge in [0, 0.05) is 59.6 Å². The average Bonchev–Trinajstić information content (AvgIpc) is 1.41. The van der Waals surface area contributed by atoms with Gasteiger partial charge in [-0.2, -0.15) is 0 Å². The number of ether oxygens (including phenoxy) is 3. The summed E-state index contributed by atoms with van der Waals surface area (Å²) in [5.74, 6) is -5.21. The predicted octanol–water partition coefficient (Wildman–Crippen LogP) is 9.68. The van der Waals surface area contributed by atoms with Crippen molar-refractivity contribution < 1.29 is 74.8 Å². The van der Waals surface area contributed by atoms with E-state index in [4.69, 9.17) is 55.9 Å². The third-order valence-electron chi connectivity index (χ3n) is 13.0. The first-order valence-corrected chi connectivity index (χ1v) is 31.7. The number of morpholine rings is 1. The fourth-order valence-electron chi connectivity index (χ4n) is 8.39. The van der Waals surface area contributed by atoms with Crippen LogP contribution in [0.1, 0.15) is 64.7 Å². The van der Waals surface area contributed by atoms with Gasteiger partial charge in [0.15, 0.2) is 19.7 Å². The molecule has 0 spiro atoms. The number of nitrogens with one attached hydrogen (secondary N) is 5. The van der Waals surface area contributed by atoms with Gasteiger partial charge in [-0.25, -0.2) is 26.4 Å². The lowest BCUT2D eigenvalue weighted by Gasteiger charge is -2.29. The fraction of sp³-hybridized carbons (Fsp3) is 0.259. The van der Waals surface area contributed by atoms with Crippen LogP contribution in [0.15, 0.2) is 130 Å². The van der Waals surface area contributed by atoms with Gasteiger partial charge in [0.05, 0.1) is 85.6 Å². The first-order valence-electron chi connectivity index (χ1n) is 26.1. The number of phenols is 2. The minimum absolute atomic E-state index is 0.00753. The highest BCUT2D eigenvalue weighted by molar-refractivity contribution is 7.99. The van der Waals surface area contributed by atoms with Crippen LogP contribution in [0.3, 0.4) is 0 Å². The van der Waals surface area contributed by atoms with Crippen molar-refractivity contribution in [1.29, 1.82) is 0 Å². The number of nitrogens with zero attached hydrogens (tertiary/aromatic N) is 1. The van der Waals surface area contributed by atoms with E-state index < -0.39 is 89.2 Å². The molecule has 87 heavy (non-hydrogen) atoms. The Balaban J connectivity index is 0.000000279. The van der Waals surface area contributed by atoms with E-state index in [0.29, 0.717) is 31.2 Å². The number of rotatable bonds is 21. The summed E-state index contributed by atoms with van der Waals surface area (Å²) in [7, 11) is -5.78. The van der Waals surface area contributed by atoms with Crippen molar-refractivity contribution in [2.75, 3.05) is 72.4 Å². The summed E-state index contributed by atoms with van der Waals surface area (Å²) in [5, 5.41) is 30.8. The number of hydrogen-bond donors (Lipinski definition) is 7. The number of amides is 5. The van der Waals surface area contributed by atoms with Crippen molar-refractivity contribution in [3.05, 3.63) is 152 Å². The maximum absolute atomic E-state index is 13.4. The average molecular weight is 1330 g/mol. The van der Waals surface area contributed by atoms with Gasteiger partial charge < -0.3 is 55.9 Å². The van der Waals surface area contributed by atoms with Gasteiger partial charge in [-0.1, -0.05) is 60.3 Å². The second kappa shape index (κ2) is 30.8. The molecule has 0 saturated carbocycles. The zero-order chi connectivity index (χ0) is 63.9. The van der Waals surface area contributed by atoms with E-state index in [2.05, 4.69) is 36.2 Å². The van der Waals surface area contributed by atoms with Gasteiger partial charge in [0.2, 0.25) is 17.7 Å². The van der Waals surface area contributed by atoms with Crippen LogP contribution in [0.4, 0.5) is 28.4 Å². The number of aromatic hydroxyl groups is 2. The lowest BCUT2D eigenvalue weighted by molar-refractivity contribution is -0.144. The largest absolute Gasteiger partial charge is 0.506 e. The van der Waals surface area contributed by atoms with Crippen molar-refractivity contribution in [1.82, 2.24) is 5.32 Å². The van der Waals surface area contributed by atoms with Crippen molar-refractivity contribution in [2.24, 2.45) is 0 Å². The highest BCUT2D eigenvalue weighted by Crippen LogP contribution is 2.37. The molecule has 7 rings (SSSR count). The van der Waals surface area contributed by atoms with Gasteiger partial charge in [-0.05, 0) is 116 Å². The number of esters is 2. The van der Waals surface area contributed by atoms with Crippen LogP contribution in [-0.4, -0.2) is 131 Å². The molecule has 3 unspecified atom stereocenters. The SMILES string of the molecule is CCC(C(=O)Nc1cc(O)c(NC(=O)c2ccc(C(=O)OC)cc2)cc1Cl)S(=O)(=O)c1ccc(N2CCOCC2)cc1.CCC(C(=O)Nc1cc(O)c(NC(=O)c2ccc(Cl)c(Cl)c2)cc1Cl)S(=O)(=O)c1ccc(SCC(NC(C)=O)C(=O)OC)cc1. The van der Waals surface area contributed by atoms with E-state index in [1.54, 1.807) is 19.1 Å². The summed E-state index contributed by atoms with van der Waals surface area (Å²) in [6.07, 6.45) is -0.0878. The molecule has 29 heteroatoms. The molecule has 7 N–H and O–H groups in total. The summed E-state index contributed by atoms with van der Waals surface area (Å²) in [5.41, 5.74) is 1.27. The number of anilines is 5. The highest BCUT2D eigenvalue weighted by Gasteiger charge is 2.35. The molecule has 0 bridgehead atoms. The number of thioether (sulfide) groups is 1. The minimum Gasteiger partial charge on any atom is -0.506 e. The Bertz CT molecular complexity index is 3780. The topological polar surface area (TPSA) is 319 Å². The first kappa shape index (κ1) is 68.5. The Kier molecular flexibility index (Phi) is 24.3. The number of benzene rings is 6. The van der Waals surface area contributed by atoms with Crippen molar-refractivity contribution in [2.45, 2.75) is 64.8 Å². The van der Waals surface area contributed by atoms with E-state index in [9.17, 15) is 60.6 Å². The van der Waals surface area contributed by atoms with Gasteiger partial charge in [-0.3, -0.25) is 24.0 Å². The Morgan fingerprint density at radius 2 is 1.03 bits per heavy atom. The highest BCUT2D eigenvalue weighted by atomic mass is 35.5. The second-order valence-corrected chi connectivity index (χ2v) is 25.8. The van der Waals surface area contributed by atoms with Crippen LogP contribution < -0.4 is 31.5 Å². The first-order chi connectivity index (χ1) is 41.2. The van der Waals surface area contributed by atoms with Crippen LogP contribution in [0.25, 0.3) is 0 Å². The normalized spacial score (nSPS) is 13.3. The smallest absolute Gasteiger partial charge is 0.337 e. The number of carbonyl (C=O) groups excluding carboxylic acids is 7. The summed E-state index contributed by atoms with van der Waals surface area (Å²) in [6, 6.07) is 25.7. The molecule has 1 aliphatic rings. The molecule has 0 aliphatic carbocycles. The van der Waals surface area contributed by atoms with Crippen LogP contribution in [-0.2, 0) is 53.1 Å². The quantitative estimate of drug-likeness (QED) is 0.0200. The van der Waals surface area contributed by atoms with E-state index in [1.807, 2.05) is 0 Å². The van der Waals surface area contributed by atoms with Crippen molar-refractivity contribution in [3.8, 4) is 11.5 Å². The Hall–Kier alpha value is -7.62. The molecule has 0 radical (unpaired) electrons. The molecule has 3 atom stereocenters.